The molecule has 132 valence electrons. The average Bonchev–Trinajstić information content (AvgIpc) is 2.54. The van der Waals surface area contributed by atoms with Crippen molar-refractivity contribution < 1.29 is 27.1 Å². The lowest BCUT2D eigenvalue weighted by molar-refractivity contribution is -0.119. The molecule has 25 heavy (non-hydrogen) atoms. The maximum Gasteiger partial charge on any atom is 0.341 e. The Morgan fingerprint density at radius 2 is 1.80 bits per heavy atom. The van der Waals surface area contributed by atoms with Gasteiger partial charge < -0.3 is 10.1 Å². The maximum absolute atomic E-state index is 13.7. The van der Waals surface area contributed by atoms with Crippen molar-refractivity contribution in [2.75, 3.05) is 11.9 Å². The van der Waals surface area contributed by atoms with E-state index in [0.29, 0.717) is 5.69 Å². The highest BCUT2D eigenvalue weighted by Crippen LogP contribution is 2.16. The third-order valence-electron chi connectivity index (χ3n) is 2.95. The second kappa shape index (κ2) is 7.72. The van der Waals surface area contributed by atoms with Crippen LogP contribution in [-0.4, -0.2) is 26.9 Å². The lowest BCUT2D eigenvalue weighted by Gasteiger charge is -2.08. The quantitative estimate of drug-likeness (QED) is 0.703. The zero-order valence-electron chi connectivity index (χ0n) is 12.5. The first-order valence-corrected chi connectivity index (χ1v) is 9.05. The molecule has 2 rings (SSSR count). The van der Waals surface area contributed by atoms with Gasteiger partial charge in [0.1, 0.15) is 5.82 Å². The Morgan fingerprint density at radius 3 is 2.40 bits per heavy atom. The van der Waals surface area contributed by atoms with Crippen molar-refractivity contribution in [1.82, 2.24) is 0 Å². The Kier molecular flexibility index (Phi) is 5.88. The molecule has 0 fully saturated rings. The molecule has 1 amide bonds. The Balaban J connectivity index is 2.02. The van der Waals surface area contributed by atoms with Gasteiger partial charge >= 0.3 is 5.97 Å². The van der Waals surface area contributed by atoms with Crippen LogP contribution in [0, 0.1) is 5.82 Å². The molecule has 7 nitrogen and oxygen atoms in total. The van der Waals surface area contributed by atoms with E-state index in [9.17, 15) is 22.4 Å². The number of hydrogen-bond donors (Lipinski definition) is 2. The molecule has 2 aromatic carbocycles. The van der Waals surface area contributed by atoms with Gasteiger partial charge in [-0.25, -0.2) is 22.7 Å². The van der Waals surface area contributed by atoms with E-state index >= 15 is 0 Å². The van der Waals surface area contributed by atoms with Crippen LogP contribution in [0.4, 0.5) is 10.1 Å². The number of sulfonamides is 1. The van der Waals surface area contributed by atoms with E-state index in [0.717, 1.165) is 22.7 Å². The number of amides is 1. The maximum atomic E-state index is 13.7. The molecule has 0 bridgehead atoms. The van der Waals surface area contributed by atoms with E-state index in [4.69, 9.17) is 9.88 Å². The highest BCUT2D eigenvalue weighted by molar-refractivity contribution is 9.10. The molecule has 3 N–H and O–H groups in total. The largest absolute Gasteiger partial charge is 0.452 e. The standard InChI is InChI=1S/C15H12BrFN2O5S/c16-9-1-3-10(4-2-9)19-14(20)8-24-15(21)12-7-11(25(18,22)23)5-6-13(12)17/h1-7H,8H2,(H,19,20)(H2,18,22,23). The van der Waals surface area contributed by atoms with Crippen molar-refractivity contribution in [3.05, 3.63) is 58.3 Å². The third kappa shape index (κ3) is 5.34. The molecule has 0 aliphatic heterocycles. The lowest BCUT2D eigenvalue weighted by atomic mass is 10.2. The van der Waals surface area contributed by atoms with Crippen molar-refractivity contribution in [3.8, 4) is 0 Å². The van der Waals surface area contributed by atoms with Gasteiger partial charge in [-0.05, 0) is 42.5 Å². The van der Waals surface area contributed by atoms with Crippen LogP contribution in [-0.2, 0) is 19.6 Å². The van der Waals surface area contributed by atoms with E-state index in [1.807, 2.05) is 0 Å². The molecule has 0 radical (unpaired) electrons. The SMILES string of the molecule is NS(=O)(=O)c1ccc(F)c(C(=O)OCC(=O)Nc2ccc(Br)cc2)c1. The van der Waals surface area contributed by atoms with E-state index in [-0.39, 0.29) is 0 Å². The van der Waals surface area contributed by atoms with Crippen molar-refractivity contribution >= 4 is 43.5 Å². The molecule has 0 heterocycles. The van der Waals surface area contributed by atoms with E-state index in [1.165, 1.54) is 0 Å². The zero-order chi connectivity index (χ0) is 18.6. The number of carbonyl (C=O) groups is 2. The van der Waals surface area contributed by atoms with Gasteiger partial charge in [-0.2, -0.15) is 0 Å². The minimum Gasteiger partial charge on any atom is -0.452 e. The van der Waals surface area contributed by atoms with Crippen LogP contribution in [0.15, 0.2) is 51.8 Å². The second-order valence-corrected chi connectivity index (χ2v) is 7.29. The van der Waals surface area contributed by atoms with Gasteiger partial charge in [0.15, 0.2) is 6.61 Å². The van der Waals surface area contributed by atoms with E-state index < -0.39 is 44.8 Å². The van der Waals surface area contributed by atoms with Crippen LogP contribution in [0.1, 0.15) is 10.4 Å². The summed E-state index contributed by atoms with van der Waals surface area (Å²) in [5.74, 6) is -2.82. The van der Waals surface area contributed by atoms with E-state index in [1.54, 1.807) is 24.3 Å². The van der Waals surface area contributed by atoms with Gasteiger partial charge in [-0.1, -0.05) is 15.9 Å². The first-order chi connectivity index (χ1) is 11.7. The monoisotopic (exact) mass is 430 g/mol. The average molecular weight is 431 g/mol. The van der Waals surface area contributed by atoms with Crippen molar-refractivity contribution in [1.29, 1.82) is 0 Å². The van der Waals surface area contributed by atoms with Crippen LogP contribution >= 0.6 is 15.9 Å². The number of rotatable bonds is 5. The first kappa shape index (κ1) is 19.0. The fraction of sp³-hybridized carbons (Fsp3) is 0.0667. The number of esters is 1. The van der Waals surface area contributed by atoms with Crippen molar-refractivity contribution in [3.63, 3.8) is 0 Å². The van der Waals surface area contributed by atoms with Crippen LogP contribution in [0.3, 0.4) is 0 Å². The number of nitrogens with one attached hydrogen (secondary N) is 1. The van der Waals surface area contributed by atoms with Crippen LogP contribution in [0.2, 0.25) is 0 Å². The highest BCUT2D eigenvalue weighted by atomic mass is 79.9. The Hall–Kier alpha value is -2.30. The Labute approximate surface area is 151 Å². The topological polar surface area (TPSA) is 116 Å². The van der Waals surface area contributed by atoms with Gasteiger partial charge in [0.25, 0.3) is 5.91 Å². The summed E-state index contributed by atoms with van der Waals surface area (Å²) in [5, 5.41) is 7.40. The first-order valence-electron chi connectivity index (χ1n) is 6.72. The van der Waals surface area contributed by atoms with Crippen molar-refractivity contribution in [2.24, 2.45) is 5.14 Å². The summed E-state index contributed by atoms with van der Waals surface area (Å²) < 4.78 is 41.7. The fourth-order valence-electron chi connectivity index (χ4n) is 1.78. The fourth-order valence-corrected chi connectivity index (χ4v) is 2.58. The molecule has 0 aliphatic carbocycles. The molecule has 2 aromatic rings. The molecule has 0 spiro atoms. The molecule has 0 saturated heterocycles. The number of benzene rings is 2. The van der Waals surface area contributed by atoms with Crippen LogP contribution in [0.5, 0.6) is 0 Å². The molecule has 0 atom stereocenters. The summed E-state index contributed by atoms with van der Waals surface area (Å²) in [4.78, 5) is 23.2. The van der Waals surface area contributed by atoms with Crippen LogP contribution in [0.25, 0.3) is 0 Å². The summed E-state index contributed by atoms with van der Waals surface area (Å²) in [7, 11) is -4.11. The number of anilines is 1. The number of halogens is 2. The summed E-state index contributed by atoms with van der Waals surface area (Å²) in [6, 6.07) is 9.10. The predicted octanol–water partition coefficient (Wildman–Crippen LogP) is 2.03. The summed E-state index contributed by atoms with van der Waals surface area (Å²) in [6.07, 6.45) is 0. The molecule has 0 unspecified atom stereocenters. The third-order valence-corrected chi connectivity index (χ3v) is 4.39. The number of carbonyl (C=O) groups excluding carboxylic acids is 2. The Bertz CT molecular complexity index is 916. The lowest BCUT2D eigenvalue weighted by Crippen LogP contribution is -2.21. The minimum atomic E-state index is -4.11. The summed E-state index contributed by atoms with van der Waals surface area (Å²) >= 11 is 3.24. The normalized spacial score (nSPS) is 11.0. The van der Waals surface area contributed by atoms with Gasteiger partial charge in [-0.3, -0.25) is 4.79 Å². The predicted molar refractivity (Wildman–Crippen MR) is 90.8 cm³/mol. The van der Waals surface area contributed by atoms with Gasteiger partial charge in [0, 0.05) is 10.2 Å². The number of nitrogens with two attached hydrogens (primary N) is 1. The highest BCUT2D eigenvalue weighted by Gasteiger charge is 2.19. The number of primary sulfonamides is 1. The smallest absolute Gasteiger partial charge is 0.341 e. The zero-order valence-corrected chi connectivity index (χ0v) is 14.9. The molecule has 0 aliphatic rings. The molecular weight excluding hydrogens is 419 g/mol. The minimum absolute atomic E-state index is 0.444. The summed E-state index contributed by atoms with van der Waals surface area (Å²) in [5.41, 5.74) is -0.158. The summed E-state index contributed by atoms with van der Waals surface area (Å²) in [6.45, 7) is -0.673. The van der Waals surface area contributed by atoms with E-state index in [2.05, 4.69) is 21.2 Å². The van der Waals surface area contributed by atoms with Gasteiger partial charge in [-0.15, -0.1) is 0 Å². The number of ether oxygens (including phenoxy) is 1. The number of hydrogen-bond acceptors (Lipinski definition) is 5. The van der Waals surface area contributed by atoms with Crippen molar-refractivity contribution in [2.45, 2.75) is 4.90 Å². The molecule has 0 saturated carbocycles. The molecular formula is C15H12BrFN2O5S. The van der Waals surface area contributed by atoms with Gasteiger partial charge in [0.05, 0.1) is 10.5 Å². The molecule has 10 heteroatoms. The molecule has 0 aromatic heterocycles. The second-order valence-electron chi connectivity index (χ2n) is 4.82. The Morgan fingerprint density at radius 1 is 1.16 bits per heavy atom. The van der Waals surface area contributed by atoms with Gasteiger partial charge in [0.2, 0.25) is 10.0 Å². The van der Waals surface area contributed by atoms with Crippen LogP contribution < -0.4 is 10.5 Å².